The summed E-state index contributed by atoms with van der Waals surface area (Å²) in [4.78, 5) is 22.4. The Labute approximate surface area is 121 Å². The summed E-state index contributed by atoms with van der Waals surface area (Å²) in [6.07, 6.45) is 2.70. The van der Waals surface area contributed by atoms with Crippen LogP contribution in [0.25, 0.3) is 6.08 Å². The molecule has 1 aromatic carbocycles. The van der Waals surface area contributed by atoms with Crippen LogP contribution in [0, 0.1) is 0 Å². The van der Waals surface area contributed by atoms with Gasteiger partial charge in [-0.2, -0.15) is 0 Å². The minimum Gasteiger partial charge on any atom is -0.452 e. The Bertz CT molecular complexity index is 501. The van der Waals surface area contributed by atoms with Gasteiger partial charge in [-0.25, -0.2) is 4.79 Å². The molecular formula is C13H13Cl2NO3. The molecule has 0 saturated heterocycles. The molecular weight excluding hydrogens is 289 g/mol. The molecule has 0 heterocycles. The molecule has 0 spiro atoms. The Morgan fingerprint density at radius 3 is 2.74 bits per heavy atom. The molecule has 102 valence electrons. The van der Waals surface area contributed by atoms with Gasteiger partial charge in [0.25, 0.3) is 5.91 Å². The zero-order valence-corrected chi connectivity index (χ0v) is 11.8. The second-order valence-electron chi connectivity index (χ2n) is 3.56. The number of likely N-dealkylation sites (N-methyl/N-ethyl adjacent to an activating group) is 1. The van der Waals surface area contributed by atoms with Gasteiger partial charge in [-0.3, -0.25) is 4.79 Å². The fourth-order valence-corrected chi connectivity index (χ4v) is 1.70. The van der Waals surface area contributed by atoms with Crippen molar-refractivity contribution in [3.8, 4) is 0 Å². The van der Waals surface area contributed by atoms with E-state index < -0.39 is 5.97 Å². The van der Waals surface area contributed by atoms with E-state index in [-0.39, 0.29) is 12.5 Å². The van der Waals surface area contributed by atoms with E-state index in [0.29, 0.717) is 22.2 Å². The fourth-order valence-electron chi connectivity index (χ4n) is 1.23. The maximum absolute atomic E-state index is 11.3. The molecule has 1 rings (SSSR count). The average molecular weight is 302 g/mol. The third-order valence-electron chi connectivity index (χ3n) is 2.08. The van der Waals surface area contributed by atoms with E-state index in [9.17, 15) is 9.59 Å². The number of ether oxygens (including phenoxy) is 1. The van der Waals surface area contributed by atoms with Crippen molar-refractivity contribution < 1.29 is 14.3 Å². The van der Waals surface area contributed by atoms with Gasteiger partial charge in [0.2, 0.25) is 0 Å². The van der Waals surface area contributed by atoms with Crippen LogP contribution >= 0.6 is 23.2 Å². The van der Waals surface area contributed by atoms with Crippen molar-refractivity contribution in [2.45, 2.75) is 6.92 Å². The summed E-state index contributed by atoms with van der Waals surface area (Å²) in [5.41, 5.74) is 0.640. The van der Waals surface area contributed by atoms with Gasteiger partial charge in [0.05, 0.1) is 0 Å². The number of carbonyl (C=O) groups is 2. The molecule has 0 radical (unpaired) electrons. The second kappa shape index (κ2) is 7.81. The smallest absolute Gasteiger partial charge is 0.331 e. The molecule has 1 N–H and O–H groups in total. The molecule has 0 fully saturated rings. The first-order chi connectivity index (χ1) is 9.02. The Hall–Kier alpha value is -1.52. The molecule has 0 aliphatic rings. The summed E-state index contributed by atoms with van der Waals surface area (Å²) in [5, 5.41) is 3.46. The predicted octanol–water partition coefficient (Wildman–Crippen LogP) is 2.69. The lowest BCUT2D eigenvalue weighted by Gasteiger charge is -2.02. The highest BCUT2D eigenvalue weighted by Gasteiger charge is 2.04. The molecule has 6 heteroatoms. The number of carbonyl (C=O) groups excluding carboxylic acids is 2. The highest BCUT2D eigenvalue weighted by molar-refractivity contribution is 6.35. The maximum atomic E-state index is 11.3. The molecule has 0 aliphatic heterocycles. The van der Waals surface area contributed by atoms with Crippen LogP contribution in [0.3, 0.4) is 0 Å². The van der Waals surface area contributed by atoms with E-state index in [2.05, 4.69) is 5.32 Å². The molecule has 0 atom stereocenters. The Balaban J connectivity index is 2.52. The topological polar surface area (TPSA) is 55.4 Å². The number of halogens is 2. The van der Waals surface area contributed by atoms with Gasteiger partial charge in [-0.15, -0.1) is 0 Å². The van der Waals surface area contributed by atoms with Crippen LogP contribution < -0.4 is 5.32 Å². The number of rotatable bonds is 5. The van der Waals surface area contributed by atoms with Gasteiger partial charge in [0.15, 0.2) is 6.61 Å². The zero-order chi connectivity index (χ0) is 14.3. The third kappa shape index (κ3) is 5.77. The monoisotopic (exact) mass is 301 g/mol. The lowest BCUT2D eigenvalue weighted by Crippen LogP contribution is -2.28. The van der Waals surface area contributed by atoms with E-state index >= 15 is 0 Å². The van der Waals surface area contributed by atoms with Gasteiger partial charge in [-0.1, -0.05) is 29.3 Å². The molecule has 19 heavy (non-hydrogen) atoms. The molecule has 4 nitrogen and oxygen atoms in total. The lowest BCUT2D eigenvalue weighted by atomic mass is 10.2. The summed E-state index contributed by atoms with van der Waals surface area (Å²) < 4.78 is 4.73. The van der Waals surface area contributed by atoms with Crippen LogP contribution in [-0.2, 0) is 14.3 Å². The summed E-state index contributed by atoms with van der Waals surface area (Å²) in [5.74, 6) is -0.953. The molecule has 0 aliphatic carbocycles. The van der Waals surface area contributed by atoms with E-state index in [1.807, 2.05) is 0 Å². The van der Waals surface area contributed by atoms with E-state index in [1.165, 1.54) is 12.2 Å². The quantitative estimate of drug-likeness (QED) is 0.672. The summed E-state index contributed by atoms with van der Waals surface area (Å²) in [6, 6.07) is 4.91. The normalized spacial score (nSPS) is 10.5. The second-order valence-corrected chi connectivity index (χ2v) is 4.40. The zero-order valence-electron chi connectivity index (χ0n) is 10.3. The molecule has 0 unspecified atom stereocenters. The van der Waals surface area contributed by atoms with Crippen LogP contribution in [0.15, 0.2) is 24.3 Å². The van der Waals surface area contributed by atoms with Crippen molar-refractivity contribution in [2.24, 2.45) is 0 Å². The first-order valence-electron chi connectivity index (χ1n) is 5.59. The van der Waals surface area contributed by atoms with Crippen molar-refractivity contribution >= 4 is 41.2 Å². The van der Waals surface area contributed by atoms with Gasteiger partial charge in [-0.05, 0) is 30.7 Å². The van der Waals surface area contributed by atoms with E-state index in [4.69, 9.17) is 27.9 Å². The van der Waals surface area contributed by atoms with Crippen molar-refractivity contribution in [3.63, 3.8) is 0 Å². The van der Waals surface area contributed by atoms with Gasteiger partial charge >= 0.3 is 5.97 Å². The summed E-state index contributed by atoms with van der Waals surface area (Å²) >= 11 is 11.7. The highest BCUT2D eigenvalue weighted by atomic mass is 35.5. The SMILES string of the molecule is CCNC(=O)COC(=O)C=Cc1ccc(Cl)cc1Cl. The van der Waals surface area contributed by atoms with Crippen LogP contribution in [-0.4, -0.2) is 25.0 Å². The molecule has 0 saturated carbocycles. The molecule has 0 bridgehead atoms. The van der Waals surface area contributed by atoms with E-state index in [0.717, 1.165) is 0 Å². The standard InChI is InChI=1S/C13H13Cl2NO3/c1-2-16-12(17)8-19-13(18)6-4-9-3-5-10(14)7-11(9)15/h3-7H,2,8H2,1H3,(H,16,17). The van der Waals surface area contributed by atoms with Crippen molar-refractivity contribution in [1.29, 1.82) is 0 Å². The minimum atomic E-state index is -0.614. The van der Waals surface area contributed by atoms with Gasteiger partial charge in [0, 0.05) is 22.7 Å². The maximum Gasteiger partial charge on any atom is 0.331 e. The third-order valence-corrected chi connectivity index (χ3v) is 2.64. The van der Waals surface area contributed by atoms with Crippen molar-refractivity contribution in [3.05, 3.63) is 39.9 Å². The first kappa shape index (κ1) is 15.5. The van der Waals surface area contributed by atoms with Crippen molar-refractivity contribution in [1.82, 2.24) is 5.32 Å². The number of hydrogen-bond donors (Lipinski definition) is 1. The molecule has 0 aromatic heterocycles. The number of esters is 1. The number of nitrogens with one attached hydrogen (secondary N) is 1. The summed E-state index contributed by atoms with van der Waals surface area (Å²) in [7, 11) is 0. The number of amides is 1. The van der Waals surface area contributed by atoms with Crippen LogP contribution in [0.1, 0.15) is 12.5 Å². The van der Waals surface area contributed by atoms with Gasteiger partial charge < -0.3 is 10.1 Å². The first-order valence-corrected chi connectivity index (χ1v) is 6.35. The average Bonchev–Trinajstić information content (AvgIpc) is 2.35. The number of benzene rings is 1. The summed E-state index contributed by atoms with van der Waals surface area (Å²) in [6.45, 7) is 1.97. The van der Waals surface area contributed by atoms with Crippen LogP contribution in [0.2, 0.25) is 10.0 Å². The van der Waals surface area contributed by atoms with Crippen LogP contribution in [0.5, 0.6) is 0 Å². The molecule has 1 aromatic rings. The van der Waals surface area contributed by atoms with Crippen molar-refractivity contribution in [2.75, 3.05) is 13.2 Å². The lowest BCUT2D eigenvalue weighted by molar-refractivity contribution is -0.143. The number of hydrogen-bond acceptors (Lipinski definition) is 3. The minimum absolute atomic E-state index is 0.300. The highest BCUT2D eigenvalue weighted by Crippen LogP contribution is 2.21. The fraction of sp³-hybridized carbons (Fsp3) is 0.231. The Morgan fingerprint density at radius 1 is 1.37 bits per heavy atom. The van der Waals surface area contributed by atoms with Gasteiger partial charge in [0.1, 0.15) is 0 Å². The Morgan fingerprint density at radius 2 is 2.11 bits per heavy atom. The van der Waals surface area contributed by atoms with E-state index in [1.54, 1.807) is 25.1 Å². The Kier molecular flexibility index (Phi) is 6.39. The predicted molar refractivity (Wildman–Crippen MR) is 75.1 cm³/mol. The van der Waals surface area contributed by atoms with Crippen LogP contribution in [0.4, 0.5) is 0 Å². The largest absolute Gasteiger partial charge is 0.452 e. The molecule has 1 amide bonds.